The lowest BCUT2D eigenvalue weighted by Crippen LogP contribution is -2.47. The van der Waals surface area contributed by atoms with Gasteiger partial charge < -0.3 is 20.2 Å². The maximum absolute atomic E-state index is 9.74. The summed E-state index contributed by atoms with van der Waals surface area (Å²) < 4.78 is 0. The topological polar surface area (TPSA) is 90.3 Å². The number of aryl methyl sites for hydroxylation is 2. The van der Waals surface area contributed by atoms with Crippen molar-refractivity contribution >= 4 is 29.3 Å². The Morgan fingerprint density at radius 2 is 1.86 bits per heavy atom. The van der Waals surface area contributed by atoms with Gasteiger partial charge in [0.25, 0.3) is 0 Å². The smallest absolute Gasteiger partial charge is 0.227 e. The summed E-state index contributed by atoms with van der Waals surface area (Å²) in [5, 5.41) is 21.7. The quantitative estimate of drug-likeness (QED) is 0.735. The molecule has 2 N–H and O–H groups in total. The molecule has 0 amide bonds. The average molecular weight is 416 g/mol. The fourth-order valence-electron chi connectivity index (χ4n) is 3.59. The van der Waals surface area contributed by atoms with Gasteiger partial charge in [0.1, 0.15) is 5.82 Å². The van der Waals surface area contributed by atoms with Gasteiger partial charge in [-0.1, -0.05) is 13.8 Å². The van der Waals surface area contributed by atoms with Crippen LogP contribution in [0.1, 0.15) is 25.2 Å². The number of aliphatic hydroxyl groups excluding tert-OH is 1. The van der Waals surface area contributed by atoms with E-state index in [0.717, 1.165) is 72.2 Å². The summed E-state index contributed by atoms with van der Waals surface area (Å²) in [6.45, 7) is 9.66. The molecule has 0 spiro atoms. The Hall–Kier alpha value is -2.13. The first-order valence-electron chi connectivity index (χ1n) is 10.3. The molecule has 2 aliphatic heterocycles. The molecule has 1 unspecified atom stereocenters. The summed E-state index contributed by atoms with van der Waals surface area (Å²) >= 11 is 1.80. The molecule has 1 fully saturated rings. The second-order valence-electron chi connectivity index (χ2n) is 7.93. The van der Waals surface area contributed by atoms with E-state index in [2.05, 4.69) is 39.2 Å². The molecule has 0 aromatic carbocycles. The van der Waals surface area contributed by atoms with Crippen LogP contribution in [0.2, 0.25) is 0 Å². The molecule has 156 valence electrons. The highest BCUT2D eigenvalue weighted by atomic mass is 32.2. The van der Waals surface area contributed by atoms with Crippen LogP contribution in [0.4, 0.5) is 17.6 Å². The zero-order chi connectivity index (χ0) is 20.4. The number of aromatic nitrogens is 4. The van der Waals surface area contributed by atoms with Gasteiger partial charge in [-0.25, -0.2) is 4.98 Å². The summed E-state index contributed by atoms with van der Waals surface area (Å²) in [6.07, 6.45) is 0.967. The molecule has 1 atom stereocenters. The highest BCUT2D eigenvalue weighted by Gasteiger charge is 2.26. The van der Waals surface area contributed by atoms with E-state index in [9.17, 15) is 5.11 Å². The lowest BCUT2D eigenvalue weighted by molar-refractivity contribution is 0.249. The van der Waals surface area contributed by atoms with Crippen molar-refractivity contribution in [3.63, 3.8) is 0 Å². The molecule has 1 saturated heterocycles. The van der Waals surface area contributed by atoms with Gasteiger partial charge >= 0.3 is 0 Å². The maximum atomic E-state index is 9.74. The molecule has 4 rings (SSSR count). The van der Waals surface area contributed by atoms with Crippen LogP contribution >= 0.6 is 11.8 Å². The molecule has 0 aliphatic carbocycles. The van der Waals surface area contributed by atoms with Crippen LogP contribution in [0, 0.1) is 12.8 Å². The molecule has 8 nitrogen and oxygen atoms in total. The highest BCUT2D eigenvalue weighted by molar-refractivity contribution is 7.99. The summed E-state index contributed by atoms with van der Waals surface area (Å²) in [5.41, 5.74) is 2.05. The zero-order valence-corrected chi connectivity index (χ0v) is 18.1. The van der Waals surface area contributed by atoms with E-state index >= 15 is 0 Å². The third-order valence-corrected chi connectivity index (χ3v) is 6.63. The number of hydrogen-bond donors (Lipinski definition) is 2. The minimum absolute atomic E-state index is 0.0139. The Labute approximate surface area is 176 Å². The van der Waals surface area contributed by atoms with Gasteiger partial charge in [0.05, 0.1) is 28.9 Å². The molecular weight excluding hydrogens is 386 g/mol. The number of anilines is 3. The summed E-state index contributed by atoms with van der Waals surface area (Å²) in [6, 6.07) is 4.02. The first kappa shape index (κ1) is 20.2. The van der Waals surface area contributed by atoms with Gasteiger partial charge in [-0.2, -0.15) is 10.1 Å². The summed E-state index contributed by atoms with van der Waals surface area (Å²) in [4.78, 5) is 15.4. The van der Waals surface area contributed by atoms with Crippen LogP contribution in [0.15, 0.2) is 17.0 Å². The molecular formula is C20H29N7OS. The van der Waals surface area contributed by atoms with Crippen molar-refractivity contribution in [1.82, 2.24) is 20.2 Å². The van der Waals surface area contributed by atoms with Gasteiger partial charge in [-0.15, -0.1) is 16.9 Å². The monoisotopic (exact) mass is 415 g/mol. The maximum Gasteiger partial charge on any atom is 0.227 e. The predicted octanol–water partition coefficient (Wildman–Crippen LogP) is 1.98. The fraction of sp³-hybridized carbons (Fsp3) is 0.600. The molecule has 0 saturated carbocycles. The van der Waals surface area contributed by atoms with Crippen molar-refractivity contribution in [3.8, 4) is 0 Å². The van der Waals surface area contributed by atoms with E-state index in [1.807, 2.05) is 19.1 Å². The SMILES string of the molecule is Cc1ccc(N2CCN(c3nc4c(c(NC(CO)C(C)C)n3)SCC4)CC2)nn1. The van der Waals surface area contributed by atoms with Crippen LogP contribution in [0.25, 0.3) is 0 Å². The summed E-state index contributed by atoms with van der Waals surface area (Å²) in [5.74, 6) is 3.93. The predicted molar refractivity (Wildman–Crippen MR) is 117 cm³/mol. The van der Waals surface area contributed by atoms with Gasteiger partial charge in [0.15, 0.2) is 5.82 Å². The van der Waals surface area contributed by atoms with E-state index in [1.54, 1.807) is 11.8 Å². The highest BCUT2D eigenvalue weighted by Crippen LogP contribution is 2.37. The number of thioether (sulfide) groups is 1. The minimum atomic E-state index is -0.0139. The third kappa shape index (κ3) is 4.40. The molecule has 0 radical (unpaired) electrons. The van der Waals surface area contributed by atoms with Crippen molar-refractivity contribution in [2.45, 2.75) is 38.1 Å². The van der Waals surface area contributed by atoms with Crippen LogP contribution < -0.4 is 15.1 Å². The van der Waals surface area contributed by atoms with Gasteiger partial charge in [0.2, 0.25) is 5.95 Å². The Morgan fingerprint density at radius 3 is 2.52 bits per heavy atom. The molecule has 9 heteroatoms. The lowest BCUT2D eigenvalue weighted by atomic mass is 10.1. The van der Waals surface area contributed by atoms with Crippen LogP contribution in [0.5, 0.6) is 0 Å². The summed E-state index contributed by atoms with van der Waals surface area (Å²) in [7, 11) is 0. The van der Waals surface area contributed by atoms with Crippen LogP contribution in [-0.4, -0.2) is 69.9 Å². The zero-order valence-electron chi connectivity index (χ0n) is 17.3. The molecule has 0 bridgehead atoms. The van der Waals surface area contributed by atoms with Gasteiger partial charge in [-0.05, 0) is 25.0 Å². The molecule has 29 heavy (non-hydrogen) atoms. The first-order valence-corrected chi connectivity index (χ1v) is 11.2. The largest absolute Gasteiger partial charge is 0.394 e. The minimum Gasteiger partial charge on any atom is -0.394 e. The number of rotatable bonds is 6. The van der Waals surface area contributed by atoms with Crippen molar-refractivity contribution in [2.75, 3.05) is 53.7 Å². The number of nitrogens with zero attached hydrogens (tertiary/aromatic N) is 6. The molecule has 2 aromatic rings. The number of nitrogens with one attached hydrogen (secondary N) is 1. The first-order chi connectivity index (χ1) is 14.0. The molecule has 2 aromatic heterocycles. The molecule has 4 heterocycles. The number of fused-ring (bicyclic) bond motifs is 1. The van der Waals surface area contributed by atoms with E-state index in [0.29, 0.717) is 5.92 Å². The Kier molecular flexibility index (Phi) is 6.05. The van der Waals surface area contributed by atoms with Gasteiger partial charge in [0, 0.05) is 38.4 Å². The Morgan fingerprint density at radius 1 is 1.10 bits per heavy atom. The second kappa shape index (κ2) is 8.71. The van der Waals surface area contributed by atoms with Crippen LogP contribution in [-0.2, 0) is 6.42 Å². The standard InChI is InChI=1S/C20H29N7OS/c1-13(2)16(12-28)21-19-18-15(6-11-29-18)22-20(23-19)27-9-7-26(8-10-27)17-5-4-14(3)24-25-17/h4-5,13,16,28H,6-12H2,1-3H3,(H,21,22,23). The van der Waals surface area contributed by atoms with E-state index in [1.165, 1.54) is 0 Å². The van der Waals surface area contributed by atoms with E-state index < -0.39 is 0 Å². The number of piperazine rings is 1. The lowest BCUT2D eigenvalue weighted by Gasteiger charge is -2.35. The van der Waals surface area contributed by atoms with Crippen molar-refractivity contribution in [1.29, 1.82) is 0 Å². The van der Waals surface area contributed by atoms with Crippen molar-refractivity contribution in [3.05, 3.63) is 23.5 Å². The van der Waals surface area contributed by atoms with E-state index in [4.69, 9.17) is 9.97 Å². The van der Waals surface area contributed by atoms with Crippen LogP contribution in [0.3, 0.4) is 0 Å². The normalized spacial score (nSPS) is 17.6. The Bertz CT molecular complexity index is 837. The van der Waals surface area contributed by atoms with Crippen molar-refractivity contribution in [2.24, 2.45) is 5.92 Å². The third-order valence-electron chi connectivity index (χ3n) is 5.50. The van der Waals surface area contributed by atoms with Crippen molar-refractivity contribution < 1.29 is 5.11 Å². The average Bonchev–Trinajstić information content (AvgIpc) is 3.21. The molecule has 2 aliphatic rings. The van der Waals surface area contributed by atoms with Gasteiger partial charge in [-0.3, -0.25) is 0 Å². The Balaban J connectivity index is 1.50. The fourth-order valence-corrected chi connectivity index (χ4v) is 4.64. The number of hydrogen-bond acceptors (Lipinski definition) is 9. The number of aliphatic hydroxyl groups is 1. The van der Waals surface area contributed by atoms with E-state index in [-0.39, 0.29) is 12.6 Å². The second-order valence-corrected chi connectivity index (χ2v) is 9.04.